The summed E-state index contributed by atoms with van der Waals surface area (Å²) < 4.78 is 11.0. The van der Waals surface area contributed by atoms with Crippen molar-refractivity contribution in [1.82, 2.24) is 4.90 Å². The lowest BCUT2D eigenvalue weighted by molar-refractivity contribution is -0.153. The molecule has 0 N–H and O–H groups in total. The molecule has 2 heterocycles. The van der Waals surface area contributed by atoms with E-state index in [4.69, 9.17) is 9.47 Å². The first-order chi connectivity index (χ1) is 7.18. The molecular formula is C11H19NO3. The zero-order valence-corrected chi connectivity index (χ0v) is 9.44. The first kappa shape index (κ1) is 11.0. The van der Waals surface area contributed by atoms with Gasteiger partial charge < -0.3 is 9.47 Å². The van der Waals surface area contributed by atoms with Crippen molar-refractivity contribution >= 4 is 5.78 Å². The maximum Gasteiger partial charge on any atom is 0.131 e. The number of Topliss-reactive ketones (excluding diaryl/α,β-unsaturated/α-hetero) is 1. The van der Waals surface area contributed by atoms with E-state index < -0.39 is 0 Å². The number of carbonyl (C=O) groups is 1. The van der Waals surface area contributed by atoms with Gasteiger partial charge in [0.2, 0.25) is 0 Å². The molecule has 15 heavy (non-hydrogen) atoms. The fraction of sp³-hybridized carbons (Fsp3) is 0.909. The van der Waals surface area contributed by atoms with Crippen LogP contribution < -0.4 is 0 Å². The molecule has 2 fully saturated rings. The summed E-state index contributed by atoms with van der Waals surface area (Å²) in [6.07, 6.45) is 0.632. The fourth-order valence-corrected chi connectivity index (χ4v) is 2.66. The number of ether oxygens (including phenoxy) is 2. The molecule has 0 saturated carbocycles. The molecule has 2 rings (SSSR count). The predicted molar refractivity (Wildman–Crippen MR) is 55.8 cm³/mol. The van der Waals surface area contributed by atoms with Crippen LogP contribution >= 0.6 is 0 Å². The lowest BCUT2D eigenvalue weighted by atomic mass is 10.0. The van der Waals surface area contributed by atoms with Crippen molar-refractivity contribution in [3.63, 3.8) is 0 Å². The number of rotatable bonds is 3. The molecule has 1 unspecified atom stereocenters. The minimum atomic E-state index is 0.257. The Morgan fingerprint density at radius 2 is 1.73 bits per heavy atom. The van der Waals surface area contributed by atoms with Gasteiger partial charge in [0, 0.05) is 12.5 Å². The molecule has 0 amide bonds. The summed E-state index contributed by atoms with van der Waals surface area (Å²) in [5.74, 6) is 0.257. The maximum atomic E-state index is 11.1. The van der Waals surface area contributed by atoms with Crippen molar-refractivity contribution in [2.24, 2.45) is 0 Å². The van der Waals surface area contributed by atoms with Crippen LogP contribution in [0.2, 0.25) is 0 Å². The van der Waals surface area contributed by atoms with E-state index in [1.54, 1.807) is 6.92 Å². The van der Waals surface area contributed by atoms with Gasteiger partial charge in [-0.05, 0) is 13.8 Å². The second-order valence-corrected chi connectivity index (χ2v) is 4.58. The van der Waals surface area contributed by atoms with Crippen molar-refractivity contribution in [1.29, 1.82) is 0 Å². The topological polar surface area (TPSA) is 38.8 Å². The van der Waals surface area contributed by atoms with Crippen molar-refractivity contribution in [2.45, 2.75) is 38.4 Å². The van der Waals surface area contributed by atoms with Crippen LogP contribution in [0.15, 0.2) is 0 Å². The molecule has 0 aromatic rings. The van der Waals surface area contributed by atoms with E-state index >= 15 is 0 Å². The average molecular weight is 213 g/mol. The van der Waals surface area contributed by atoms with Crippen LogP contribution in [0, 0.1) is 0 Å². The lowest BCUT2D eigenvalue weighted by Gasteiger charge is -2.48. The molecule has 1 atom stereocenters. The summed E-state index contributed by atoms with van der Waals surface area (Å²) in [4.78, 5) is 13.5. The lowest BCUT2D eigenvalue weighted by Crippen LogP contribution is -2.62. The Morgan fingerprint density at radius 3 is 2.13 bits per heavy atom. The Labute approximate surface area is 90.5 Å². The third-order valence-electron chi connectivity index (χ3n) is 3.18. The van der Waals surface area contributed by atoms with Crippen LogP contribution in [0.3, 0.4) is 0 Å². The predicted octanol–water partition coefficient (Wildman–Crippen LogP) is 0.454. The molecule has 0 aromatic carbocycles. The zero-order valence-electron chi connectivity index (χ0n) is 9.44. The number of fused-ring (bicyclic) bond motifs is 2. The molecule has 2 aliphatic heterocycles. The minimum Gasteiger partial charge on any atom is -0.378 e. The number of nitrogens with zero attached hydrogens (tertiary/aromatic N) is 1. The Balaban J connectivity index is 2.02. The van der Waals surface area contributed by atoms with E-state index in [1.807, 2.05) is 0 Å². The molecule has 0 spiro atoms. The van der Waals surface area contributed by atoms with E-state index in [9.17, 15) is 4.79 Å². The van der Waals surface area contributed by atoms with Gasteiger partial charge in [-0.1, -0.05) is 0 Å². The van der Waals surface area contributed by atoms with Gasteiger partial charge in [-0.25, -0.2) is 0 Å². The molecule has 0 aromatic heterocycles. The molecule has 2 saturated heterocycles. The number of hydrogen-bond donors (Lipinski definition) is 0. The van der Waals surface area contributed by atoms with Crippen molar-refractivity contribution in [2.75, 3.05) is 26.4 Å². The third kappa shape index (κ3) is 2.38. The molecule has 2 aliphatic rings. The van der Waals surface area contributed by atoms with Gasteiger partial charge in [0.15, 0.2) is 0 Å². The standard InChI is InChI=1S/C11H19NO3/c1-8(3-9(2)13)12-10-4-14-6-11(12)7-15-5-10/h8,10-11H,3-7H2,1-2H3. The molecular weight excluding hydrogens is 194 g/mol. The molecule has 0 aliphatic carbocycles. The summed E-state index contributed by atoms with van der Waals surface area (Å²) in [5.41, 5.74) is 0. The summed E-state index contributed by atoms with van der Waals surface area (Å²) >= 11 is 0. The number of carbonyl (C=O) groups excluding carboxylic acids is 1. The molecule has 4 heteroatoms. The quantitative estimate of drug-likeness (QED) is 0.682. The minimum absolute atomic E-state index is 0.257. The molecule has 4 nitrogen and oxygen atoms in total. The Morgan fingerprint density at radius 1 is 1.27 bits per heavy atom. The zero-order chi connectivity index (χ0) is 10.8. The van der Waals surface area contributed by atoms with Crippen LogP contribution in [0.5, 0.6) is 0 Å². The van der Waals surface area contributed by atoms with E-state index in [1.165, 1.54) is 0 Å². The summed E-state index contributed by atoms with van der Waals surface area (Å²) in [6, 6.07) is 0.990. The van der Waals surface area contributed by atoms with Crippen molar-refractivity contribution in [3.05, 3.63) is 0 Å². The first-order valence-corrected chi connectivity index (χ1v) is 5.61. The van der Waals surface area contributed by atoms with E-state index in [2.05, 4.69) is 11.8 Å². The highest BCUT2D eigenvalue weighted by molar-refractivity contribution is 5.76. The molecule has 0 radical (unpaired) electrons. The van der Waals surface area contributed by atoms with E-state index in [-0.39, 0.29) is 5.78 Å². The van der Waals surface area contributed by atoms with Crippen LogP contribution in [0.25, 0.3) is 0 Å². The average Bonchev–Trinajstić information content (AvgIpc) is 2.15. The molecule has 86 valence electrons. The largest absolute Gasteiger partial charge is 0.378 e. The number of ketones is 1. The number of hydrogen-bond acceptors (Lipinski definition) is 4. The van der Waals surface area contributed by atoms with Gasteiger partial charge in [-0.3, -0.25) is 9.69 Å². The third-order valence-corrected chi connectivity index (χ3v) is 3.18. The van der Waals surface area contributed by atoms with Gasteiger partial charge in [0.1, 0.15) is 5.78 Å². The van der Waals surface area contributed by atoms with Gasteiger partial charge in [0.05, 0.1) is 38.5 Å². The van der Waals surface area contributed by atoms with Crippen molar-refractivity contribution < 1.29 is 14.3 Å². The van der Waals surface area contributed by atoms with Crippen LogP contribution in [0.4, 0.5) is 0 Å². The SMILES string of the molecule is CC(=O)CC(C)N1C2COCC1COC2. The summed E-state index contributed by atoms with van der Waals surface area (Å²) in [7, 11) is 0. The van der Waals surface area contributed by atoms with Crippen LogP contribution in [0.1, 0.15) is 20.3 Å². The Hall–Kier alpha value is -0.450. The monoisotopic (exact) mass is 213 g/mol. The van der Waals surface area contributed by atoms with Crippen LogP contribution in [-0.4, -0.2) is 55.2 Å². The van der Waals surface area contributed by atoms with Gasteiger partial charge in [-0.15, -0.1) is 0 Å². The van der Waals surface area contributed by atoms with Gasteiger partial charge in [0.25, 0.3) is 0 Å². The fourth-order valence-electron chi connectivity index (χ4n) is 2.66. The highest BCUT2D eigenvalue weighted by Crippen LogP contribution is 2.23. The van der Waals surface area contributed by atoms with Crippen molar-refractivity contribution in [3.8, 4) is 0 Å². The second kappa shape index (κ2) is 4.60. The maximum absolute atomic E-state index is 11.1. The Bertz CT molecular complexity index is 222. The normalized spacial score (nSPS) is 33.7. The first-order valence-electron chi connectivity index (χ1n) is 5.61. The number of morpholine rings is 2. The van der Waals surface area contributed by atoms with Crippen LogP contribution in [-0.2, 0) is 14.3 Å². The second-order valence-electron chi connectivity index (χ2n) is 4.58. The smallest absolute Gasteiger partial charge is 0.131 e. The highest BCUT2D eigenvalue weighted by Gasteiger charge is 2.38. The Kier molecular flexibility index (Phi) is 3.38. The summed E-state index contributed by atoms with van der Waals surface area (Å²) in [6.45, 7) is 6.72. The highest BCUT2D eigenvalue weighted by atomic mass is 16.5. The van der Waals surface area contributed by atoms with E-state index in [0.29, 0.717) is 24.5 Å². The van der Waals surface area contributed by atoms with Gasteiger partial charge >= 0.3 is 0 Å². The van der Waals surface area contributed by atoms with E-state index in [0.717, 1.165) is 26.4 Å². The molecule has 2 bridgehead atoms. The van der Waals surface area contributed by atoms with Gasteiger partial charge in [-0.2, -0.15) is 0 Å². The summed E-state index contributed by atoms with van der Waals surface area (Å²) in [5, 5.41) is 0.